The highest BCUT2D eigenvalue weighted by Crippen LogP contribution is 2.18. The van der Waals surface area contributed by atoms with Crippen molar-refractivity contribution in [3.8, 4) is 5.75 Å². The summed E-state index contributed by atoms with van der Waals surface area (Å²) < 4.78 is 10.6. The molecule has 4 rings (SSSR count). The number of nitrogens with zero attached hydrogens (tertiary/aromatic N) is 2. The maximum Gasteiger partial charge on any atom is 0.316 e. The van der Waals surface area contributed by atoms with Gasteiger partial charge in [0.25, 0.3) is 0 Å². The average Bonchev–Trinajstić information content (AvgIpc) is 3.40. The molecule has 0 spiro atoms. The molecule has 4 aromatic rings. The second-order valence-corrected chi connectivity index (χ2v) is 6.96. The fourth-order valence-corrected chi connectivity index (χ4v) is 3.18. The number of primary amides is 1. The summed E-state index contributed by atoms with van der Waals surface area (Å²) in [7, 11) is 0. The number of carbonyl (C=O) groups excluding carboxylic acids is 2. The Morgan fingerprint density at radius 2 is 1.94 bits per heavy atom. The van der Waals surface area contributed by atoms with Gasteiger partial charge in [-0.2, -0.15) is 4.98 Å². The predicted molar refractivity (Wildman–Crippen MR) is 112 cm³/mol. The van der Waals surface area contributed by atoms with Crippen LogP contribution in [0.15, 0.2) is 59.3 Å². The van der Waals surface area contributed by atoms with Crippen LogP contribution >= 0.6 is 0 Å². The Morgan fingerprint density at radius 1 is 1.13 bits per heavy atom. The number of hydrogen-bond donors (Lipinski definition) is 3. The number of nitrogens with two attached hydrogens (primary N) is 1. The number of aromatic amines is 1. The van der Waals surface area contributed by atoms with Crippen LogP contribution in [0.1, 0.15) is 27.6 Å². The smallest absolute Gasteiger partial charge is 0.316 e. The summed E-state index contributed by atoms with van der Waals surface area (Å²) in [5, 5.41) is 7.69. The molecule has 4 N–H and O–H groups in total. The quantitative estimate of drug-likeness (QED) is 0.380. The highest BCUT2D eigenvalue weighted by molar-refractivity contribution is 5.89. The maximum atomic E-state index is 12.3. The van der Waals surface area contributed by atoms with Crippen LogP contribution in [-0.2, 0) is 24.2 Å². The van der Waals surface area contributed by atoms with Gasteiger partial charge in [0.05, 0.1) is 6.42 Å². The molecule has 0 saturated carbocycles. The van der Waals surface area contributed by atoms with Gasteiger partial charge in [-0.25, -0.2) is 0 Å². The highest BCUT2D eigenvalue weighted by atomic mass is 16.5. The van der Waals surface area contributed by atoms with Crippen molar-refractivity contribution in [2.45, 2.75) is 19.4 Å². The van der Waals surface area contributed by atoms with E-state index in [0.29, 0.717) is 18.7 Å². The van der Waals surface area contributed by atoms with Gasteiger partial charge in [0.2, 0.25) is 11.7 Å². The molecular weight excluding hydrogens is 398 g/mol. The van der Waals surface area contributed by atoms with E-state index in [1.165, 1.54) is 0 Å². The van der Waals surface area contributed by atoms with Crippen LogP contribution in [-0.4, -0.2) is 33.5 Å². The van der Waals surface area contributed by atoms with Gasteiger partial charge in [0.1, 0.15) is 5.75 Å². The highest BCUT2D eigenvalue weighted by Gasteiger charge is 2.15. The Balaban J connectivity index is 1.26. The number of nitrogens with one attached hydrogen (secondary N) is 2. The molecule has 0 radical (unpaired) electrons. The molecule has 0 aliphatic carbocycles. The lowest BCUT2D eigenvalue weighted by atomic mass is 10.1. The Bertz CT molecular complexity index is 1200. The van der Waals surface area contributed by atoms with Gasteiger partial charge in [0.15, 0.2) is 6.61 Å². The topological polar surface area (TPSA) is 136 Å². The molecule has 2 heterocycles. The lowest BCUT2D eigenvalue weighted by molar-refractivity contribution is -0.117. The van der Waals surface area contributed by atoms with E-state index in [2.05, 4.69) is 20.4 Å². The van der Waals surface area contributed by atoms with Crippen molar-refractivity contribution in [3.05, 3.63) is 77.6 Å². The monoisotopic (exact) mass is 419 g/mol. The zero-order valence-electron chi connectivity index (χ0n) is 16.6. The van der Waals surface area contributed by atoms with Crippen molar-refractivity contribution in [1.29, 1.82) is 0 Å². The van der Waals surface area contributed by atoms with Gasteiger partial charge in [-0.15, -0.1) is 0 Å². The van der Waals surface area contributed by atoms with Gasteiger partial charge < -0.3 is 25.3 Å². The first-order valence-electron chi connectivity index (χ1n) is 9.74. The summed E-state index contributed by atoms with van der Waals surface area (Å²) in [6, 6.07) is 14.9. The van der Waals surface area contributed by atoms with E-state index >= 15 is 0 Å². The molecule has 2 amide bonds. The molecule has 0 bridgehead atoms. The van der Waals surface area contributed by atoms with Gasteiger partial charge in [-0.05, 0) is 35.7 Å². The molecular formula is C22H21N5O4. The zero-order valence-corrected chi connectivity index (χ0v) is 16.6. The second kappa shape index (κ2) is 9.12. The molecule has 158 valence electrons. The third kappa shape index (κ3) is 5.08. The lowest BCUT2D eigenvalue weighted by Crippen LogP contribution is -2.26. The number of aromatic nitrogens is 3. The first-order chi connectivity index (χ1) is 15.1. The minimum atomic E-state index is -0.436. The number of ether oxygens (including phenoxy) is 1. The zero-order chi connectivity index (χ0) is 21.6. The van der Waals surface area contributed by atoms with Crippen LogP contribution in [0.2, 0.25) is 0 Å². The fourth-order valence-electron chi connectivity index (χ4n) is 3.18. The summed E-state index contributed by atoms with van der Waals surface area (Å²) in [4.78, 5) is 30.5. The van der Waals surface area contributed by atoms with Crippen molar-refractivity contribution >= 4 is 22.7 Å². The normalized spacial score (nSPS) is 10.8. The summed E-state index contributed by atoms with van der Waals surface area (Å²) in [5.41, 5.74) is 8.15. The molecule has 2 aromatic carbocycles. The van der Waals surface area contributed by atoms with E-state index < -0.39 is 11.8 Å². The molecule has 0 unspecified atom stereocenters. The Morgan fingerprint density at radius 3 is 2.74 bits per heavy atom. The number of para-hydroxylation sites is 1. The number of benzene rings is 2. The molecule has 0 aliphatic rings. The summed E-state index contributed by atoms with van der Waals surface area (Å²) in [6.45, 7) is 0.480. The van der Waals surface area contributed by atoms with Gasteiger partial charge in [-0.1, -0.05) is 35.5 Å². The average molecular weight is 419 g/mol. The third-order valence-corrected chi connectivity index (χ3v) is 4.69. The SMILES string of the molecule is NC(=O)Cc1ccc(OCc2noc(C(=O)NCCc3c[nH]c4ccccc34)n2)cc1. The number of H-pyrrole nitrogens is 1. The van der Waals surface area contributed by atoms with Gasteiger partial charge in [-0.3, -0.25) is 9.59 Å². The maximum absolute atomic E-state index is 12.3. The van der Waals surface area contributed by atoms with Gasteiger partial charge >= 0.3 is 11.8 Å². The molecule has 9 heteroatoms. The summed E-state index contributed by atoms with van der Waals surface area (Å²) in [6.07, 6.45) is 2.79. The van der Waals surface area contributed by atoms with Crippen LogP contribution in [0.5, 0.6) is 5.75 Å². The Kier molecular flexibility index (Phi) is 5.93. The van der Waals surface area contributed by atoms with Crippen LogP contribution in [0.4, 0.5) is 0 Å². The number of amides is 2. The van der Waals surface area contributed by atoms with E-state index in [0.717, 1.165) is 22.0 Å². The number of rotatable bonds is 9. The fraction of sp³-hybridized carbons (Fsp3) is 0.182. The second-order valence-electron chi connectivity index (χ2n) is 6.96. The molecule has 0 atom stereocenters. The molecule has 31 heavy (non-hydrogen) atoms. The van der Waals surface area contributed by atoms with Crippen molar-refractivity contribution in [2.24, 2.45) is 5.73 Å². The third-order valence-electron chi connectivity index (χ3n) is 4.69. The minimum Gasteiger partial charge on any atom is -0.485 e. The van der Waals surface area contributed by atoms with Crippen LogP contribution < -0.4 is 15.8 Å². The van der Waals surface area contributed by atoms with Crippen molar-refractivity contribution in [1.82, 2.24) is 20.4 Å². The van der Waals surface area contributed by atoms with Crippen LogP contribution in [0.25, 0.3) is 10.9 Å². The summed E-state index contributed by atoms with van der Waals surface area (Å²) in [5.74, 6) is -0.123. The number of fused-ring (bicyclic) bond motifs is 1. The van der Waals surface area contributed by atoms with Crippen molar-refractivity contribution in [2.75, 3.05) is 6.54 Å². The number of hydrogen-bond acceptors (Lipinski definition) is 6. The van der Waals surface area contributed by atoms with Crippen molar-refractivity contribution < 1.29 is 18.8 Å². The first-order valence-corrected chi connectivity index (χ1v) is 9.74. The Hall–Kier alpha value is -4.14. The standard InChI is InChI=1S/C22H21N5O4/c23-19(28)11-14-5-7-16(8-6-14)30-13-20-26-22(31-27-20)21(29)24-10-9-15-12-25-18-4-2-1-3-17(15)18/h1-8,12,25H,9-11,13H2,(H2,23,28)(H,24,29). The van der Waals surface area contributed by atoms with E-state index in [9.17, 15) is 9.59 Å². The molecule has 9 nitrogen and oxygen atoms in total. The largest absolute Gasteiger partial charge is 0.485 e. The van der Waals surface area contributed by atoms with E-state index in [1.807, 2.05) is 30.5 Å². The number of carbonyl (C=O) groups is 2. The molecule has 0 saturated heterocycles. The van der Waals surface area contributed by atoms with Crippen LogP contribution in [0.3, 0.4) is 0 Å². The molecule has 0 fully saturated rings. The Labute approximate surface area is 177 Å². The van der Waals surface area contributed by atoms with Crippen LogP contribution in [0, 0.1) is 0 Å². The minimum absolute atomic E-state index is 0.0429. The van der Waals surface area contributed by atoms with Crippen molar-refractivity contribution in [3.63, 3.8) is 0 Å². The molecule has 2 aromatic heterocycles. The summed E-state index contributed by atoms with van der Waals surface area (Å²) >= 11 is 0. The first kappa shape index (κ1) is 20.1. The van der Waals surface area contributed by atoms with E-state index in [4.69, 9.17) is 15.0 Å². The predicted octanol–water partition coefficient (Wildman–Crippen LogP) is 2.13. The lowest BCUT2D eigenvalue weighted by Gasteiger charge is -2.04. The van der Waals surface area contributed by atoms with E-state index in [-0.39, 0.29) is 24.7 Å². The van der Waals surface area contributed by atoms with Gasteiger partial charge in [0, 0.05) is 23.6 Å². The van der Waals surface area contributed by atoms with E-state index in [1.54, 1.807) is 24.3 Å². The molecule has 0 aliphatic heterocycles.